The topological polar surface area (TPSA) is 83.0 Å². The van der Waals surface area contributed by atoms with Gasteiger partial charge in [0.05, 0.1) is 17.9 Å². The Kier molecular flexibility index (Phi) is 7.57. The quantitative estimate of drug-likeness (QED) is 0.233. The van der Waals surface area contributed by atoms with Gasteiger partial charge in [-0.2, -0.15) is 5.10 Å². The number of carbonyl (C=O) groups excluding carboxylic acids is 2. The van der Waals surface area contributed by atoms with Gasteiger partial charge in [0.2, 0.25) is 0 Å². The van der Waals surface area contributed by atoms with E-state index in [0.29, 0.717) is 11.4 Å². The Bertz CT molecular complexity index is 1360. The molecule has 0 heterocycles. The number of ether oxygens (including phenoxy) is 1. The first-order valence-corrected chi connectivity index (χ1v) is 11.5. The second-order valence-corrected chi connectivity index (χ2v) is 8.38. The Labute approximate surface area is 204 Å². The van der Waals surface area contributed by atoms with Gasteiger partial charge < -0.3 is 10.1 Å². The Morgan fingerprint density at radius 3 is 1.97 bits per heavy atom. The fourth-order valence-corrected chi connectivity index (χ4v) is 3.64. The van der Waals surface area contributed by atoms with E-state index in [1.165, 1.54) is 5.01 Å². The summed E-state index contributed by atoms with van der Waals surface area (Å²) in [6.07, 6.45) is 1.09. The van der Waals surface area contributed by atoms with Crippen molar-refractivity contribution in [3.63, 3.8) is 0 Å². The monoisotopic (exact) mass is 468 g/mol. The lowest BCUT2D eigenvalue weighted by Crippen LogP contribution is -2.34. The predicted molar refractivity (Wildman–Crippen MR) is 142 cm³/mol. The molecule has 0 fully saturated rings. The SMILES string of the molecule is CC(C)/C=N/N(CCOC(=O)Nc1cccc2ccccc12)C(=O)Nc1cccc2ccccc12. The highest BCUT2D eigenvalue weighted by molar-refractivity contribution is 6.02. The minimum absolute atomic E-state index is 0.0189. The first-order chi connectivity index (χ1) is 17.0. The number of hydrazone groups is 1. The van der Waals surface area contributed by atoms with Gasteiger partial charge in [0, 0.05) is 17.0 Å². The number of anilines is 2. The molecule has 0 saturated heterocycles. The second-order valence-electron chi connectivity index (χ2n) is 8.38. The highest BCUT2D eigenvalue weighted by atomic mass is 16.5. The minimum atomic E-state index is -0.594. The van der Waals surface area contributed by atoms with E-state index < -0.39 is 12.1 Å². The van der Waals surface area contributed by atoms with Gasteiger partial charge in [-0.15, -0.1) is 0 Å². The van der Waals surface area contributed by atoms with Crippen molar-refractivity contribution >= 4 is 51.3 Å². The third-order valence-corrected chi connectivity index (χ3v) is 5.33. The van der Waals surface area contributed by atoms with E-state index in [0.717, 1.165) is 21.5 Å². The lowest BCUT2D eigenvalue weighted by molar-refractivity contribution is 0.145. The van der Waals surface area contributed by atoms with Crippen LogP contribution < -0.4 is 10.6 Å². The van der Waals surface area contributed by atoms with Crippen molar-refractivity contribution < 1.29 is 14.3 Å². The van der Waals surface area contributed by atoms with Gasteiger partial charge in [0.25, 0.3) is 0 Å². The van der Waals surface area contributed by atoms with Crippen LogP contribution in [-0.2, 0) is 4.74 Å². The molecule has 0 bridgehead atoms. The van der Waals surface area contributed by atoms with Crippen molar-refractivity contribution in [1.82, 2.24) is 5.01 Å². The number of amides is 3. The van der Waals surface area contributed by atoms with Crippen LogP contribution in [0.4, 0.5) is 21.0 Å². The van der Waals surface area contributed by atoms with Crippen LogP contribution in [0.15, 0.2) is 90.0 Å². The molecule has 0 unspecified atom stereocenters. The van der Waals surface area contributed by atoms with Crippen molar-refractivity contribution in [3.05, 3.63) is 84.9 Å². The van der Waals surface area contributed by atoms with Gasteiger partial charge in [-0.1, -0.05) is 86.6 Å². The predicted octanol–water partition coefficient (Wildman–Crippen LogP) is 6.72. The molecule has 0 spiro atoms. The average Bonchev–Trinajstić information content (AvgIpc) is 2.86. The van der Waals surface area contributed by atoms with E-state index in [1.54, 1.807) is 6.21 Å². The fourth-order valence-electron chi connectivity index (χ4n) is 3.64. The maximum atomic E-state index is 13.0. The van der Waals surface area contributed by atoms with Crippen molar-refractivity contribution in [1.29, 1.82) is 0 Å². The largest absolute Gasteiger partial charge is 0.447 e. The van der Waals surface area contributed by atoms with E-state index >= 15 is 0 Å². The molecule has 0 saturated carbocycles. The van der Waals surface area contributed by atoms with Crippen LogP contribution in [0, 0.1) is 5.92 Å². The normalized spacial score (nSPS) is 11.2. The van der Waals surface area contributed by atoms with Crippen LogP contribution in [0.3, 0.4) is 0 Å². The summed E-state index contributed by atoms with van der Waals surface area (Å²) in [5.74, 6) is 0.151. The Hall–Kier alpha value is -4.39. The molecule has 0 aromatic heterocycles. The number of nitrogens with one attached hydrogen (secondary N) is 2. The molecule has 4 aromatic carbocycles. The van der Waals surface area contributed by atoms with Gasteiger partial charge in [-0.3, -0.25) is 5.32 Å². The van der Waals surface area contributed by atoms with Gasteiger partial charge in [0.1, 0.15) is 6.61 Å². The average molecular weight is 469 g/mol. The Balaban J connectivity index is 1.40. The number of urea groups is 1. The molecule has 0 aliphatic heterocycles. The number of carbonyl (C=O) groups is 2. The molecule has 4 rings (SSSR count). The number of fused-ring (bicyclic) bond motifs is 2. The molecule has 178 valence electrons. The van der Waals surface area contributed by atoms with Crippen LogP contribution in [0.2, 0.25) is 0 Å². The smallest absolute Gasteiger partial charge is 0.411 e. The molecule has 7 nitrogen and oxygen atoms in total. The number of hydrogen-bond donors (Lipinski definition) is 2. The number of benzene rings is 4. The zero-order valence-corrected chi connectivity index (χ0v) is 19.8. The Morgan fingerprint density at radius 2 is 1.37 bits per heavy atom. The van der Waals surface area contributed by atoms with Gasteiger partial charge in [-0.05, 0) is 28.8 Å². The maximum absolute atomic E-state index is 13.0. The molecule has 0 aliphatic carbocycles. The zero-order valence-electron chi connectivity index (χ0n) is 19.8. The summed E-state index contributed by atoms with van der Waals surface area (Å²) in [6, 6.07) is 26.6. The molecule has 0 aliphatic rings. The molecule has 0 radical (unpaired) electrons. The fraction of sp³-hybridized carbons (Fsp3) is 0.179. The highest BCUT2D eigenvalue weighted by Gasteiger charge is 2.15. The first kappa shape index (κ1) is 23.8. The molecular formula is C28H28N4O3. The third kappa shape index (κ3) is 6.14. The molecule has 2 N–H and O–H groups in total. The number of rotatable bonds is 7. The van der Waals surface area contributed by atoms with Crippen molar-refractivity contribution in [2.45, 2.75) is 13.8 Å². The van der Waals surface area contributed by atoms with Crippen LogP contribution in [-0.4, -0.2) is 36.5 Å². The van der Waals surface area contributed by atoms with Gasteiger partial charge in [-0.25, -0.2) is 14.6 Å². The lowest BCUT2D eigenvalue weighted by Gasteiger charge is -2.19. The maximum Gasteiger partial charge on any atom is 0.411 e. The van der Waals surface area contributed by atoms with Crippen molar-refractivity contribution in [2.24, 2.45) is 11.0 Å². The lowest BCUT2D eigenvalue weighted by atomic mass is 10.1. The summed E-state index contributed by atoms with van der Waals surface area (Å²) in [5.41, 5.74) is 1.35. The summed E-state index contributed by atoms with van der Waals surface area (Å²) < 4.78 is 5.36. The van der Waals surface area contributed by atoms with Crippen LogP contribution >= 0.6 is 0 Å². The summed E-state index contributed by atoms with van der Waals surface area (Å²) in [4.78, 5) is 25.4. The van der Waals surface area contributed by atoms with Crippen molar-refractivity contribution in [2.75, 3.05) is 23.8 Å². The van der Waals surface area contributed by atoms with E-state index in [4.69, 9.17) is 4.74 Å². The molecule has 0 atom stereocenters. The third-order valence-electron chi connectivity index (χ3n) is 5.33. The summed E-state index contributed by atoms with van der Waals surface area (Å²) in [5, 5.41) is 15.2. The molecular weight excluding hydrogens is 440 g/mol. The van der Waals surface area contributed by atoms with E-state index in [1.807, 2.05) is 98.8 Å². The van der Waals surface area contributed by atoms with Gasteiger partial charge >= 0.3 is 12.1 Å². The van der Waals surface area contributed by atoms with E-state index in [-0.39, 0.29) is 19.1 Å². The minimum Gasteiger partial charge on any atom is -0.447 e. The molecule has 35 heavy (non-hydrogen) atoms. The van der Waals surface area contributed by atoms with Gasteiger partial charge in [0.15, 0.2) is 0 Å². The summed E-state index contributed by atoms with van der Waals surface area (Å²) in [6.45, 7) is 4.02. The highest BCUT2D eigenvalue weighted by Crippen LogP contribution is 2.24. The Morgan fingerprint density at radius 1 is 0.829 bits per heavy atom. The van der Waals surface area contributed by atoms with E-state index in [2.05, 4.69) is 15.7 Å². The molecule has 4 aromatic rings. The zero-order chi connectivity index (χ0) is 24.6. The first-order valence-electron chi connectivity index (χ1n) is 11.5. The van der Waals surface area contributed by atoms with Crippen LogP contribution in [0.25, 0.3) is 21.5 Å². The number of hydrogen-bond acceptors (Lipinski definition) is 4. The summed E-state index contributed by atoms with van der Waals surface area (Å²) in [7, 11) is 0. The van der Waals surface area contributed by atoms with Crippen molar-refractivity contribution in [3.8, 4) is 0 Å². The standard InChI is InChI=1S/C28H28N4O3/c1-20(2)19-29-32(27(33)30-25-15-7-11-21-9-3-5-13-23(21)25)17-18-35-28(34)31-26-16-8-12-22-10-4-6-14-24(22)26/h3-16,19-20H,17-18H2,1-2H3,(H,30,33)(H,31,34)/b29-19+. The molecule has 7 heteroatoms. The van der Waals surface area contributed by atoms with Crippen LogP contribution in [0.5, 0.6) is 0 Å². The second kappa shape index (κ2) is 11.2. The number of nitrogens with zero attached hydrogens (tertiary/aromatic N) is 2. The summed E-state index contributed by atoms with van der Waals surface area (Å²) >= 11 is 0. The van der Waals surface area contributed by atoms with E-state index in [9.17, 15) is 9.59 Å². The molecule has 3 amide bonds. The van der Waals surface area contributed by atoms with Crippen LogP contribution in [0.1, 0.15) is 13.8 Å².